The van der Waals surface area contributed by atoms with Gasteiger partial charge in [-0.3, -0.25) is 9.59 Å². The van der Waals surface area contributed by atoms with Crippen LogP contribution in [0.15, 0.2) is 48.5 Å². The monoisotopic (exact) mass is 336 g/mol. The summed E-state index contributed by atoms with van der Waals surface area (Å²) >= 11 is 11.7. The predicted molar refractivity (Wildman–Crippen MR) is 87.6 cm³/mol. The molecule has 0 atom stereocenters. The summed E-state index contributed by atoms with van der Waals surface area (Å²) < 4.78 is 0. The van der Waals surface area contributed by atoms with E-state index in [-0.39, 0.29) is 11.8 Å². The van der Waals surface area contributed by atoms with E-state index in [4.69, 9.17) is 23.2 Å². The van der Waals surface area contributed by atoms with Crippen LogP contribution < -0.4 is 10.6 Å². The summed E-state index contributed by atoms with van der Waals surface area (Å²) in [6.07, 6.45) is 0. The van der Waals surface area contributed by atoms with Gasteiger partial charge in [-0.05, 0) is 30.3 Å². The van der Waals surface area contributed by atoms with E-state index in [1.54, 1.807) is 36.4 Å². The van der Waals surface area contributed by atoms with Crippen molar-refractivity contribution in [2.45, 2.75) is 0 Å². The first-order valence-corrected chi connectivity index (χ1v) is 7.40. The van der Waals surface area contributed by atoms with Crippen molar-refractivity contribution in [1.82, 2.24) is 10.6 Å². The van der Waals surface area contributed by atoms with Gasteiger partial charge in [0.25, 0.3) is 11.8 Å². The van der Waals surface area contributed by atoms with Crippen LogP contribution in [0.5, 0.6) is 0 Å². The Bertz CT molecular complexity index is 675. The first kappa shape index (κ1) is 16.3. The quantitative estimate of drug-likeness (QED) is 0.824. The van der Waals surface area contributed by atoms with Crippen molar-refractivity contribution in [3.05, 3.63) is 69.7 Å². The summed E-state index contributed by atoms with van der Waals surface area (Å²) in [4.78, 5) is 23.7. The number of hydrogen-bond acceptors (Lipinski definition) is 2. The summed E-state index contributed by atoms with van der Waals surface area (Å²) in [7, 11) is 0. The highest BCUT2D eigenvalue weighted by atomic mass is 35.5. The minimum absolute atomic E-state index is 0.176. The fraction of sp³-hybridized carbons (Fsp3) is 0.125. The summed E-state index contributed by atoms with van der Waals surface area (Å²) in [5.74, 6) is -0.447. The summed E-state index contributed by atoms with van der Waals surface area (Å²) in [5.41, 5.74) is 1.00. The fourth-order valence-corrected chi connectivity index (χ4v) is 2.08. The molecule has 2 amide bonds. The highest BCUT2D eigenvalue weighted by molar-refractivity contribution is 6.42. The van der Waals surface area contributed by atoms with Gasteiger partial charge < -0.3 is 10.6 Å². The number of hydrogen-bond donors (Lipinski definition) is 2. The van der Waals surface area contributed by atoms with Crippen LogP contribution in [0, 0.1) is 0 Å². The molecule has 0 fully saturated rings. The van der Waals surface area contributed by atoms with E-state index in [0.717, 1.165) is 0 Å². The van der Waals surface area contributed by atoms with Crippen molar-refractivity contribution in [3.63, 3.8) is 0 Å². The number of carbonyl (C=O) groups excluding carboxylic acids is 2. The lowest BCUT2D eigenvalue weighted by Gasteiger charge is -2.08. The van der Waals surface area contributed by atoms with Crippen molar-refractivity contribution in [3.8, 4) is 0 Å². The standard InChI is InChI=1S/C16H14Cl2N2O2/c17-13-7-6-12(10-14(13)18)16(22)20-9-8-19-15(21)11-4-2-1-3-5-11/h1-7,10H,8-9H2,(H,19,21)(H,20,22). The van der Waals surface area contributed by atoms with Crippen LogP contribution >= 0.6 is 23.2 Å². The third kappa shape index (κ3) is 4.48. The molecule has 0 heterocycles. The van der Waals surface area contributed by atoms with Gasteiger partial charge in [-0.15, -0.1) is 0 Å². The lowest BCUT2D eigenvalue weighted by molar-refractivity contribution is 0.0927. The van der Waals surface area contributed by atoms with E-state index >= 15 is 0 Å². The Hall–Kier alpha value is -2.04. The van der Waals surface area contributed by atoms with E-state index in [1.165, 1.54) is 6.07 Å². The topological polar surface area (TPSA) is 58.2 Å². The van der Waals surface area contributed by atoms with E-state index in [1.807, 2.05) is 6.07 Å². The third-order valence-electron chi connectivity index (χ3n) is 2.91. The van der Waals surface area contributed by atoms with Crippen LogP contribution in [0.25, 0.3) is 0 Å². The lowest BCUT2D eigenvalue weighted by Crippen LogP contribution is -2.34. The molecule has 0 saturated carbocycles. The molecule has 0 radical (unpaired) electrons. The number of benzene rings is 2. The molecular weight excluding hydrogens is 323 g/mol. The minimum Gasteiger partial charge on any atom is -0.350 e. The second-order valence-electron chi connectivity index (χ2n) is 4.51. The normalized spacial score (nSPS) is 10.1. The highest BCUT2D eigenvalue weighted by Gasteiger charge is 2.08. The van der Waals surface area contributed by atoms with Crippen LogP contribution in [-0.2, 0) is 0 Å². The molecule has 6 heteroatoms. The van der Waals surface area contributed by atoms with Crippen molar-refractivity contribution in [2.75, 3.05) is 13.1 Å². The van der Waals surface area contributed by atoms with Gasteiger partial charge in [0.2, 0.25) is 0 Å². The molecule has 2 aromatic rings. The lowest BCUT2D eigenvalue weighted by atomic mass is 10.2. The first-order valence-electron chi connectivity index (χ1n) is 6.64. The van der Waals surface area contributed by atoms with Crippen molar-refractivity contribution < 1.29 is 9.59 Å². The van der Waals surface area contributed by atoms with Gasteiger partial charge in [0.1, 0.15) is 0 Å². The van der Waals surface area contributed by atoms with Crippen molar-refractivity contribution >= 4 is 35.0 Å². The maximum Gasteiger partial charge on any atom is 0.251 e. The minimum atomic E-state index is -0.271. The first-order chi connectivity index (χ1) is 10.6. The Balaban J connectivity index is 1.78. The summed E-state index contributed by atoms with van der Waals surface area (Å²) in [6.45, 7) is 0.651. The zero-order chi connectivity index (χ0) is 15.9. The molecule has 0 aliphatic heterocycles. The van der Waals surface area contributed by atoms with Gasteiger partial charge in [-0.1, -0.05) is 41.4 Å². The molecule has 114 valence electrons. The van der Waals surface area contributed by atoms with Crippen LogP contribution in [0.4, 0.5) is 0 Å². The number of halogens is 2. The molecule has 0 saturated heterocycles. The van der Waals surface area contributed by atoms with Crippen LogP contribution in [0.2, 0.25) is 10.0 Å². The Morgan fingerprint density at radius 3 is 1.95 bits per heavy atom. The molecule has 2 rings (SSSR count). The molecule has 0 spiro atoms. The number of rotatable bonds is 5. The summed E-state index contributed by atoms with van der Waals surface area (Å²) in [6, 6.07) is 13.5. The maximum absolute atomic E-state index is 11.9. The van der Waals surface area contributed by atoms with E-state index in [2.05, 4.69) is 10.6 Å². The van der Waals surface area contributed by atoms with E-state index in [9.17, 15) is 9.59 Å². The molecular formula is C16H14Cl2N2O2. The SMILES string of the molecule is O=C(NCCNC(=O)c1ccc(Cl)c(Cl)c1)c1ccccc1. The zero-order valence-corrected chi connectivity index (χ0v) is 13.1. The van der Waals surface area contributed by atoms with Crippen molar-refractivity contribution in [1.29, 1.82) is 0 Å². The van der Waals surface area contributed by atoms with E-state index in [0.29, 0.717) is 34.3 Å². The molecule has 4 nitrogen and oxygen atoms in total. The predicted octanol–water partition coefficient (Wildman–Crippen LogP) is 3.15. The van der Waals surface area contributed by atoms with Gasteiger partial charge in [0.15, 0.2) is 0 Å². The molecule has 2 N–H and O–H groups in total. The van der Waals surface area contributed by atoms with Gasteiger partial charge in [0.05, 0.1) is 10.0 Å². The molecule has 0 aliphatic rings. The number of carbonyl (C=O) groups is 2. The Kier molecular flexibility index (Phi) is 5.81. The average Bonchev–Trinajstić information content (AvgIpc) is 2.54. The number of amides is 2. The third-order valence-corrected chi connectivity index (χ3v) is 3.65. The smallest absolute Gasteiger partial charge is 0.251 e. The second-order valence-corrected chi connectivity index (χ2v) is 5.32. The van der Waals surface area contributed by atoms with Gasteiger partial charge in [0, 0.05) is 24.2 Å². The molecule has 0 bridgehead atoms. The van der Waals surface area contributed by atoms with Gasteiger partial charge in [-0.25, -0.2) is 0 Å². The maximum atomic E-state index is 11.9. The largest absolute Gasteiger partial charge is 0.350 e. The van der Waals surface area contributed by atoms with Crippen molar-refractivity contribution in [2.24, 2.45) is 0 Å². The zero-order valence-electron chi connectivity index (χ0n) is 11.6. The van der Waals surface area contributed by atoms with E-state index < -0.39 is 0 Å². The molecule has 2 aromatic carbocycles. The molecule has 22 heavy (non-hydrogen) atoms. The summed E-state index contributed by atoms with van der Waals surface area (Å²) in [5, 5.41) is 6.14. The Labute approximate surface area is 138 Å². The van der Waals surface area contributed by atoms with Gasteiger partial charge >= 0.3 is 0 Å². The number of nitrogens with one attached hydrogen (secondary N) is 2. The second kappa shape index (κ2) is 7.82. The Morgan fingerprint density at radius 1 is 0.773 bits per heavy atom. The van der Waals surface area contributed by atoms with Gasteiger partial charge in [-0.2, -0.15) is 0 Å². The molecule has 0 aromatic heterocycles. The molecule has 0 unspecified atom stereocenters. The highest BCUT2D eigenvalue weighted by Crippen LogP contribution is 2.22. The Morgan fingerprint density at radius 2 is 1.36 bits per heavy atom. The van der Waals surface area contributed by atoms with Crippen LogP contribution in [0.1, 0.15) is 20.7 Å². The fourth-order valence-electron chi connectivity index (χ4n) is 1.78. The average molecular weight is 337 g/mol. The van der Waals surface area contributed by atoms with Crippen LogP contribution in [-0.4, -0.2) is 24.9 Å². The van der Waals surface area contributed by atoms with Crippen LogP contribution in [0.3, 0.4) is 0 Å². The molecule has 0 aliphatic carbocycles.